The summed E-state index contributed by atoms with van der Waals surface area (Å²) >= 11 is 1.34. The van der Waals surface area contributed by atoms with E-state index in [0.717, 1.165) is 40.8 Å². The number of amides is 2. The van der Waals surface area contributed by atoms with Crippen LogP contribution < -0.4 is 10.7 Å². The van der Waals surface area contributed by atoms with E-state index in [1.807, 2.05) is 43.3 Å². The summed E-state index contributed by atoms with van der Waals surface area (Å²) in [5.74, 6) is -1.77. The Morgan fingerprint density at radius 3 is 2.69 bits per heavy atom. The largest absolute Gasteiger partial charge is 0.462 e. The Morgan fingerprint density at radius 2 is 1.97 bits per heavy atom. The molecule has 0 aliphatic heterocycles. The van der Waals surface area contributed by atoms with Crippen LogP contribution in [0.4, 0.5) is 5.00 Å². The minimum atomic E-state index is -0.914. The highest BCUT2D eigenvalue weighted by Gasteiger charge is 2.30. The maximum atomic E-state index is 12.5. The average Bonchev–Trinajstić information content (AvgIpc) is 3.11. The predicted octanol–water partition coefficient (Wildman–Crippen LogP) is 4.19. The molecule has 2 amide bonds. The Labute approximate surface area is 191 Å². The first-order valence-corrected chi connectivity index (χ1v) is 11.4. The summed E-state index contributed by atoms with van der Waals surface area (Å²) in [6.45, 7) is 5.96. The van der Waals surface area contributed by atoms with Crippen molar-refractivity contribution in [2.24, 2.45) is 11.0 Å². The number of hydrogen-bond donors (Lipinski definition) is 2. The molecule has 0 spiro atoms. The van der Waals surface area contributed by atoms with E-state index in [1.165, 1.54) is 17.6 Å². The van der Waals surface area contributed by atoms with Crippen LogP contribution in [0.15, 0.2) is 41.0 Å². The van der Waals surface area contributed by atoms with Gasteiger partial charge in [-0.2, -0.15) is 5.10 Å². The summed E-state index contributed by atoms with van der Waals surface area (Å²) in [5, 5.41) is 6.78. The molecule has 1 aromatic heterocycles. The van der Waals surface area contributed by atoms with Gasteiger partial charge in [-0.25, -0.2) is 10.2 Å². The molecule has 8 heteroatoms. The van der Waals surface area contributed by atoms with E-state index in [1.54, 1.807) is 6.92 Å². The van der Waals surface area contributed by atoms with E-state index in [2.05, 4.69) is 22.8 Å². The van der Waals surface area contributed by atoms with Crippen molar-refractivity contribution in [3.63, 3.8) is 0 Å². The van der Waals surface area contributed by atoms with Crippen molar-refractivity contribution in [1.29, 1.82) is 0 Å². The molecule has 0 saturated carbocycles. The fourth-order valence-corrected chi connectivity index (χ4v) is 4.90. The van der Waals surface area contributed by atoms with E-state index in [9.17, 15) is 14.4 Å². The minimum Gasteiger partial charge on any atom is -0.462 e. The Balaban J connectivity index is 1.67. The van der Waals surface area contributed by atoms with Gasteiger partial charge in [-0.1, -0.05) is 43.3 Å². The summed E-state index contributed by atoms with van der Waals surface area (Å²) < 4.78 is 5.19. The third kappa shape index (κ3) is 5.91. The molecule has 2 N–H and O–H groups in total. The van der Waals surface area contributed by atoms with Gasteiger partial charge in [-0.05, 0) is 55.7 Å². The molecule has 1 unspecified atom stereocenters. The van der Waals surface area contributed by atoms with E-state index >= 15 is 0 Å². The smallest absolute Gasteiger partial charge is 0.341 e. The number of benzene rings is 1. The van der Waals surface area contributed by atoms with Crippen molar-refractivity contribution in [3.8, 4) is 0 Å². The number of carbonyl (C=O) groups excluding carboxylic acids is 3. The van der Waals surface area contributed by atoms with Gasteiger partial charge in [0.25, 0.3) is 0 Å². The van der Waals surface area contributed by atoms with Crippen LogP contribution >= 0.6 is 11.3 Å². The SMILES string of the molecule is CCOC(=O)c1c(NC(=O)C(=O)N/N=C/C(C)=C\c2ccccc2)sc2c1CCC(C)C2. The number of carbonyl (C=O) groups is 3. The Morgan fingerprint density at radius 1 is 1.22 bits per heavy atom. The van der Waals surface area contributed by atoms with Gasteiger partial charge in [-0.3, -0.25) is 9.59 Å². The van der Waals surface area contributed by atoms with E-state index in [-0.39, 0.29) is 6.61 Å². The number of fused-ring (bicyclic) bond motifs is 1. The molecule has 0 fully saturated rings. The monoisotopic (exact) mass is 453 g/mol. The van der Waals surface area contributed by atoms with Crippen LogP contribution in [0, 0.1) is 5.92 Å². The molecule has 32 heavy (non-hydrogen) atoms. The molecule has 1 aromatic carbocycles. The zero-order valence-corrected chi connectivity index (χ0v) is 19.3. The van der Waals surface area contributed by atoms with Crippen LogP contribution in [-0.2, 0) is 27.2 Å². The van der Waals surface area contributed by atoms with Crippen molar-refractivity contribution >= 4 is 46.4 Å². The number of nitrogens with one attached hydrogen (secondary N) is 2. The van der Waals surface area contributed by atoms with Gasteiger partial charge in [0.1, 0.15) is 5.00 Å². The number of rotatable bonds is 6. The van der Waals surface area contributed by atoms with Crippen molar-refractivity contribution in [1.82, 2.24) is 5.43 Å². The van der Waals surface area contributed by atoms with Crippen molar-refractivity contribution in [3.05, 3.63) is 57.5 Å². The van der Waals surface area contributed by atoms with Gasteiger partial charge in [-0.15, -0.1) is 11.3 Å². The highest BCUT2D eigenvalue weighted by molar-refractivity contribution is 7.17. The Bertz CT molecular complexity index is 1060. The second kappa shape index (κ2) is 10.9. The van der Waals surface area contributed by atoms with Crippen LogP contribution in [-0.4, -0.2) is 30.6 Å². The standard InChI is InChI=1S/C24H27N3O4S/c1-4-31-24(30)20-18-11-10-15(2)13-19(18)32-23(20)26-21(28)22(29)27-25-14-16(3)12-17-8-6-5-7-9-17/h5-9,12,14-15H,4,10-11,13H2,1-3H3,(H,26,28)(H,27,29)/b16-12-,25-14+. The topological polar surface area (TPSA) is 96.9 Å². The number of hydrazone groups is 1. The first kappa shape index (κ1) is 23.4. The lowest BCUT2D eigenvalue weighted by Crippen LogP contribution is -2.32. The van der Waals surface area contributed by atoms with E-state index < -0.39 is 17.8 Å². The number of nitrogens with zero attached hydrogens (tertiary/aromatic N) is 1. The fraction of sp³-hybridized carbons (Fsp3) is 0.333. The number of allylic oxidation sites excluding steroid dienone is 1. The Hall–Kier alpha value is -3.26. The first-order valence-electron chi connectivity index (χ1n) is 10.6. The highest BCUT2D eigenvalue weighted by atomic mass is 32.1. The number of thiophene rings is 1. The third-order valence-corrected chi connectivity index (χ3v) is 6.22. The maximum absolute atomic E-state index is 12.5. The van der Waals surface area contributed by atoms with Crippen LogP contribution in [0.2, 0.25) is 0 Å². The number of hydrogen-bond acceptors (Lipinski definition) is 6. The number of esters is 1. The highest BCUT2D eigenvalue weighted by Crippen LogP contribution is 2.40. The lowest BCUT2D eigenvalue weighted by Gasteiger charge is -2.18. The molecule has 2 aromatic rings. The molecule has 0 bridgehead atoms. The van der Waals surface area contributed by atoms with Gasteiger partial charge in [0.15, 0.2) is 0 Å². The lowest BCUT2D eigenvalue weighted by molar-refractivity contribution is -0.136. The van der Waals surface area contributed by atoms with E-state index in [0.29, 0.717) is 16.5 Å². The summed E-state index contributed by atoms with van der Waals surface area (Å²) in [6, 6.07) is 9.68. The molecule has 1 atom stereocenters. The molecule has 168 valence electrons. The molecule has 7 nitrogen and oxygen atoms in total. The third-order valence-electron chi connectivity index (χ3n) is 5.05. The molecule has 1 heterocycles. The van der Waals surface area contributed by atoms with Gasteiger partial charge in [0.2, 0.25) is 0 Å². The summed E-state index contributed by atoms with van der Waals surface area (Å²) in [7, 11) is 0. The molecular formula is C24H27N3O4S. The Kier molecular flexibility index (Phi) is 7.94. The zero-order chi connectivity index (χ0) is 23.1. The number of ether oxygens (including phenoxy) is 1. The quantitative estimate of drug-likeness (QED) is 0.297. The zero-order valence-electron chi connectivity index (χ0n) is 18.4. The maximum Gasteiger partial charge on any atom is 0.341 e. The van der Waals surface area contributed by atoms with Crippen molar-refractivity contribution < 1.29 is 19.1 Å². The molecule has 0 radical (unpaired) electrons. The van der Waals surface area contributed by atoms with Crippen LogP contribution in [0.25, 0.3) is 6.08 Å². The van der Waals surface area contributed by atoms with Gasteiger partial charge in [0, 0.05) is 4.88 Å². The lowest BCUT2D eigenvalue weighted by atomic mass is 9.88. The minimum absolute atomic E-state index is 0.234. The second-order valence-electron chi connectivity index (χ2n) is 7.73. The first-order chi connectivity index (χ1) is 15.4. The summed E-state index contributed by atoms with van der Waals surface area (Å²) in [4.78, 5) is 38.2. The molecular weight excluding hydrogens is 426 g/mol. The van der Waals surface area contributed by atoms with Crippen LogP contribution in [0.5, 0.6) is 0 Å². The van der Waals surface area contributed by atoms with Crippen molar-refractivity contribution in [2.45, 2.75) is 40.0 Å². The number of anilines is 1. The molecule has 1 aliphatic rings. The second-order valence-corrected chi connectivity index (χ2v) is 8.83. The summed E-state index contributed by atoms with van der Waals surface area (Å²) in [5.41, 5.74) is 5.32. The average molecular weight is 454 g/mol. The molecule has 3 rings (SSSR count). The summed E-state index contributed by atoms with van der Waals surface area (Å²) in [6.07, 6.45) is 5.92. The fourth-order valence-electron chi connectivity index (χ4n) is 3.51. The normalized spacial score (nSPS) is 15.8. The van der Waals surface area contributed by atoms with Crippen LogP contribution in [0.1, 0.15) is 53.6 Å². The van der Waals surface area contributed by atoms with Crippen LogP contribution in [0.3, 0.4) is 0 Å². The van der Waals surface area contributed by atoms with Gasteiger partial charge >= 0.3 is 17.8 Å². The molecule has 1 aliphatic carbocycles. The molecule has 0 saturated heterocycles. The van der Waals surface area contributed by atoms with E-state index in [4.69, 9.17) is 4.74 Å². The van der Waals surface area contributed by atoms with Gasteiger partial charge < -0.3 is 10.1 Å². The van der Waals surface area contributed by atoms with Crippen molar-refractivity contribution in [2.75, 3.05) is 11.9 Å². The predicted molar refractivity (Wildman–Crippen MR) is 127 cm³/mol. The van der Waals surface area contributed by atoms with Gasteiger partial charge in [0.05, 0.1) is 18.4 Å².